The van der Waals surface area contributed by atoms with Gasteiger partial charge < -0.3 is 9.67 Å². The molecule has 2 aromatic heterocycles. The summed E-state index contributed by atoms with van der Waals surface area (Å²) in [4.78, 5) is 5.15. The van der Waals surface area contributed by atoms with Gasteiger partial charge in [0.25, 0.3) is 0 Å². The standard InChI is InChI=1S/C11H14N2OS/c1-2-6-13-7-5-12-11(13)10(14)9-4-3-8-15-9/h3-5,7-8,10,14H,2,6H2,1H3. The van der Waals surface area contributed by atoms with E-state index in [0.29, 0.717) is 0 Å². The van der Waals surface area contributed by atoms with Gasteiger partial charge in [0.15, 0.2) is 0 Å². The number of hydrogen-bond acceptors (Lipinski definition) is 3. The maximum Gasteiger partial charge on any atom is 0.146 e. The lowest BCUT2D eigenvalue weighted by Gasteiger charge is -2.10. The Bertz CT molecular complexity index is 408. The van der Waals surface area contributed by atoms with Crippen molar-refractivity contribution in [2.24, 2.45) is 0 Å². The fourth-order valence-corrected chi connectivity index (χ4v) is 2.28. The summed E-state index contributed by atoms with van der Waals surface area (Å²) < 4.78 is 2.00. The number of nitrogens with zero attached hydrogens (tertiary/aromatic N) is 2. The minimum absolute atomic E-state index is 0.591. The Morgan fingerprint density at radius 1 is 1.60 bits per heavy atom. The Hall–Kier alpha value is -1.13. The van der Waals surface area contributed by atoms with Crippen LogP contribution in [-0.2, 0) is 6.54 Å². The van der Waals surface area contributed by atoms with Gasteiger partial charge in [0.1, 0.15) is 11.9 Å². The summed E-state index contributed by atoms with van der Waals surface area (Å²) in [5.74, 6) is 0.735. The molecule has 0 amide bonds. The molecule has 4 heteroatoms. The van der Waals surface area contributed by atoms with Crippen molar-refractivity contribution in [1.29, 1.82) is 0 Å². The summed E-state index contributed by atoms with van der Waals surface area (Å²) >= 11 is 1.55. The Morgan fingerprint density at radius 2 is 2.47 bits per heavy atom. The van der Waals surface area contributed by atoms with Crippen LogP contribution in [0.1, 0.15) is 30.2 Å². The molecule has 0 aliphatic rings. The lowest BCUT2D eigenvalue weighted by molar-refractivity contribution is 0.208. The molecular formula is C11H14N2OS. The molecule has 0 aromatic carbocycles. The normalized spacial score (nSPS) is 12.9. The summed E-state index contributed by atoms with van der Waals surface area (Å²) in [5.41, 5.74) is 0. The van der Waals surface area contributed by atoms with Crippen molar-refractivity contribution in [1.82, 2.24) is 9.55 Å². The number of hydrogen-bond donors (Lipinski definition) is 1. The van der Waals surface area contributed by atoms with Crippen molar-refractivity contribution < 1.29 is 5.11 Å². The summed E-state index contributed by atoms with van der Waals surface area (Å²) in [6.45, 7) is 3.01. The molecule has 80 valence electrons. The van der Waals surface area contributed by atoms with E-state index in [4.69, 9.17) is 0 Å². The first-order chi connectivity index (χ1) is 7.33. The SMILES string of the molecule is CCCn1ccnc1C(O)c1cccs1. The monoisotopic (exact) mass is 222 g/mol. The molecule has 0 saturated heterocycles. The van der Waals surface area contributed by atoms with Gasteiger partial charge in [-0.05, 0) is 17.9 Å². The van der Waals surface area contributed by atoms with E-state index in [1.165, 1.54) is 0 Å². The van der Waals surface area contributed by atoms with E-state index in [-0.39, 0.29) is 0 Å². The molecule has 0 saturated carbocycles. The van der Waals surface area contributed by atoms with Gasteiger partial charge in [-0.15, -0.1) is 11.3 Å². The van der Waals surface area contributed by atoms with Crippen LogP contribution in [0.3, 0.4) is 0 Å². The maximum atomic E-state index is 10.1. The second-order valence-electron chi connectivity index (χ2n) is 3.40. The van der Waals surface area contributed by atoms with Gasteiger partial charge in [-0.2, -0.15) is 0 Å². The van der Waals surface area contributed by atoms with Crippen LogP contribution in [-0.4, -0.2) is 14.7 Å². The molecule has 0 radical (unpaired) electrons. The van der Waals surface area contributed by atoms with Gasteiger partial charge in [-0.1, -0.05) is 13.0 Å². The highest BCUT2D eigenvalue weighted by atomic mass is 32.1. The van der Waals surface area contributed by atoms with Crippen molar-refractivity contribution in [3.8, 4) is 0 Å². The number of aliphatic hydroxyl groups excluding tert-OH is 1. The summed E-state index contributed by atoms with van der Waals surface area (Å²) in [6.07, 6.45) is 4.10. The molecule has 1 N–H and O–H groups in total. The molecule has 15 heavy (non-hydrogen) atoms. The first-order valence-electron chi connectivity index (χ1n) is 5.05. The van der Waals surface area contributed by atoms with E-state index >= 15 is 0 Å². The predicted molar refractivity (Wildman–Crippen MR) is 60.9 cm³/mol. The lowest BCUT2D eigenvalue weighted by atomic mass is 10.2. The molecule has 2 heterocycles. The molecule has 0 fully saturated rings. The van der Waals surface area contributed by atoms with Crippen molar-refractivity contribution in [3.05, 3.63) is 40.6 Å². The van der Waals surface area contributed by atoms with E-state index < -0.39 is 6.10 Å². The lowest BCUT2D eigenvalue weighted by Crippen LogP contribution is -2.08. The van der Waals surface area contributed by atoms with E-state index in [9.17, 15) is 5.11 Å². The highest BCUT2D eigenvalue weighted by Gasteiger charge is 2.16. The first kappa shape index (κ1) is 10.4. The molecule has 2 aromatic rings. The summed E-state index contributed by atoms with van der Waals surface area (Å²) in [5, 5.41) is 12.1. The first-order valence-corrected chi connectivity index (χ1v) is 5.93. The number of imidazole rings is 1. The summed E-state index contributed by atoms with van der Waals surface area (Å²) in [7, 11) is 0. The van der Waals surface area contributed by atoms with Crippen LogP contribution < -0.4 is 0 Å². The second-order valence-corrected chi connectivity index (χ2v) is 4.38. The van der Waals surface area contributed by atoms with Crippen LogP contribution in [0, 0.1) is 0 Å². The zero-order valence-electron chi connectivity index (χ0n) is 8.63. The van der Waals surface area contributed by atoms with Gasteiger partial charge in [0.2, 0.25) is 0 Å². The number of aromatic nitrogens is 2. The van der Waals surface area contributed by atoms with Crippen molar-refractivity contribution in [2.45, 2.75) is 26.0 Å². The van der Waals surface area contributed by atoms with Crippen molar-refractivity contribution in [3.63, 3.8) is 0 Å². The zero-order valence-corrected chi connectivity index (χ0v) is 9.44. The maximum absolute atomic E-state index is 10.1. The number of thiophene rings is 1. The van der Waals surface area contributed by atoms with Gasteiger partial charge in [0, 0.05) is 23.8 Å². The average molecular weight is 222 g/mol. The smallest absolute Gasteiger partial charge is 0.146 e. The van der Waals surface area contributed by atoms with E-state index in [1.807, 2.05) is 28.3 Å². The van der Waals surface area contributed by atoms with E-state index in [0.717, 1.165) is 23.7 Å². The third-order valence-electron chi connectivity index (χ3n) is 2.27. The van der Waals surface area contributed by atoms with E-state index in [2.05, 4.69) is 11.9 Å². The van der Waals surface area contributed by atoms with Crippen molar-refractivity contribution >= 4 is 11.3 Å². The van der Waals surface area contributed by atoms with Crippen LogP contribution in [0.5, 0.6) is 0 Å². The third-order valence-corrected chi connectivity index (χ3v) is 3.19. The van der Waals surface area contributed by atoms with Crippen molar-refractivity contribution in [2.75, 3.05) is 0 Å². The molecule has 1 atom stereocenters. The molecule has 0 aliphatic carbocycles. The minimum Gasteiger partial charge on any atom is -0.380 e. The van der Waals surface area contributed by atoms with Gasteiger partial charge >= 0.3 is 0 Å². The van der Waals surface area contributed by atoms with Crippen LogP contribution in [0.15, 0.2) is 29.9 Å². The van der Waals surface area contributed by atoms with Crippen LogP contribution in [0.2, 0.25) is 0 Å². The van der Waals surface area contributed by atoms with Crippen LogP contribution >= 0.6 is 11.3 Å². The topological polar surface area (TPSA) is 38.0 Å². The van der Waals surface area contributed by atoms with Gasteiger partial charge in [-0.25, -0.2) is 4.98 Å². The molecule has 1 unspecified atom stereocenters. The second kappa shape index (κ2) is 4.59. The quantitative estimate of drug-likeness (QED) is 0.862. The fraction of sp³-hybridized carbons (Fsp3) is 0.364. The van der Waals surface area contributed by atoms with Gasteiger partial charge in [0.05, 0.1) is 0 Å². The Balaban J connectivity index is 2.25. The molecule has 0 aliphatic heterocycles. The number of rotatable bonds is 4. The molecule has 0 spiro atoms. The largest absolute Gasteiger partial charge is 0.380 e. The number of aryl methyl sites for hydroxylation is 1. The zero-order chi connectivity index (χ0) is 10.7. The highest BCUT2D eigenvalue weighted by molar-refractivity contribution is 7.10. The average Bonchev–Trinajstić information content (AvgIpc) is 2.87. The predicted octanol–water partition coefficient (Wildman–Crippen LogP) is 2.44. The van der Waals surface area contributed by atoms with Crippen LogP contribution in [0.4, 0.5) is 0 Å². The molecule has 2 rings (SSSR count). The Morgan fingerprint density at radius 3 is 3.13 bits per heavy atom. The molecule has 0 bridgehead atoms. The third kappa shape index (κ3) is 2.11. The summed E-state index contributed by atoms with van der Waals surface area (Å²) in [6, 6.07) is 3.87. The highest BCUT2D eigenvalue weighted by Crippen LogP contribution is 2.24. The number of aliphatic hydroxyl groups is 1. The fourth-order valence-electron chi connectivity index (χ4n) is 1.57. The van der Waals surface area contributed by atoms with E-state index in [1.54, 1.807) is 17.5 Å². The Labute approximate surface area is 93.0 Å². The minimum atomic E-state index is -0.591. The molecule has 3 nitrogen and oxygen atoms in total. The van der Waals surface area contributed by atoms with Crippen LogP contribution in [0.25, 0.3) is 0 Å². The van der Waals surface area contributed by atoms with Gasteiger partial charge in [-0.3, -0.25) is 0 Å². The Kier molecular flexibility index (Phi) is 3.18. The molecular weight excluding hydrogens is 208 g/mol.